The van der Waals surface area contributed by atoms with Crippen LogP contribution < -0.4 is 16.4 Å². The molecule has 3 atom stereocenters. The molecule has 0 radical (unpaired) electrons. The topological polar surface area (TPSA) is 92.9 Å². The molecule has 1 aromatic carbocycles. The summed E-state index contributed by atoms with van der Waals surface area (Å²) < 4.78 is 38.7. The highest BCUT2D eigenvalue weighted by Gasteiger charge is 2.46. The number of nitrogens with zero attached hydrogens (tertiary/aromatic N) is 2. The van der Waals surface area contributed by atoms with E-state index in [9.17, 15) is 18.0 Å². The zero-order chi connectivity index (χ0) is 18.9. The Hall–Kier alpha value is -2.26. The summed E-state index contributed by atoms with van der Waals surface area (Å²) in [5.41, 5.74) is 5.85. The van der Waals surface area contributed by atoms with E-state index < -0.39 is 23.7 Å². The summed E-state index contributed by atoms with van der Waals surface area (Å²) in [4.78, 5) is 20.8. The highest BCUT2D eigenvalue weighted by molar-refractivity contribution is 5.85. The Kier molecular flexibility index (Phi) is 4.85. The quantitative estimate of drug-likeness (QED) is 0.764. The lowest BCUT2D eigenvalue weighted by Crippen LogP contribution is -2.62. The number of benzene rings is 1. The fourth-order valence-electron chi connectivity index (χ4n) is 3.48. The largest absolute Gasteiger partial charge is 0.412 e. The molecule has 140 valence electrons. The molecule has 4 N–H and O–H groups in total. The number of aromatic nitrogens is 2. The van der Waals surface area contributed by atoms with Crippen LogP contribution in [0.5, 0.6) is 0 Å². The van der Waals surface area contributed by atoms with Gasteiger partial charge in [-0.2, -0.15) is 13.2 Å². The van der Waals surface area contributed by atoms with E-state index in [0.717, 1.165) is 0 Å². The van der Waals surface area contributed by atoms with Crippen LogP contribution in [-0.4, -0.2) is 41.2 Å². The lowest BCUT2D eigenvalue weighted by molar-refractivity contribution is -0.164. The number of nitrogens with two attached hydrogens (primary N) is 1. The first-order chi connectivity index (χ1) is 12.2. The van der Waals surface area contributed by atoms with Crippen LogP contribution in [-0.2, 0) is 10.3 Å². The molecule has 0 unspecified atom stereocenters. The van der Waals surface area contributed by atoms with Crippen LogP contribution in [0.15, 0.2) is 30.6 Å². The molecule has 1 aromatic heterocycles. The second-order valence-corrected chi connectivity index (χ2v) is 6.76. The molecule has 1 saturated heterocycles. The lowest BCUT2D eigenvalue weighted by atomic mass is 9.78. The van der Waals surface area contributed by atoms with E-state index in [0.29, 0.717) is 29.6 Å². The molecule has 9 heteroatoms. The molecular weight excluding hydrogens is 347 g/mol. The minimum absolute atomic E-state index is 0.137. The van der Waals surface area contributed by atoms with E-state index in [4.69, 9.17) is 5.73 Å². The summed E-state index contributed by atoms with van der Waals surface area (Å²) in [5.74, 6) is -1.12. The molecule has 3 rings (SSSR count). The molecule has 1 amide bonds. The van der Waals surface area contributed by atoms with Gasteiger partial charge in [-0.15, -0.1) is 0 Å². The van der Waals surface area contributed by atoms with E-state index >= 15 is 0 Å². The van der Waals surface area contributed by atoms with E-state index in [-0.39, 0.29) is 12.5 Å². The number of halogens is 3. The molecule has 0 aliphatic carbocycles. The van der Waals surface area contributed by atoms with Gasteiger partial charge in [0.15, 0.2) is 6.04 Å². The highest BCUT2D eigenvalue weighted by atomic mass is 19.4. The molecule has 2 heterocycles. The molecule has 0 saturated carbocycles. The normalized spacial score (nSPS) is 25.0. The Morgan fingerprint density at radius 1 is 1.38 bits per heavy atom. The maximum absolute atomic E-state index is 12.9. The third-order valence-electron chi connectivity index (χ3n) is 4.63. The molecular formula is C17H20F3N5O. The van der Waals surface area contributed by atoms with E-state index in [1.165, 1.54) is 6.20 Å². The summed E-state index contributed by atoms with van der Waals surface area (Å²) in [5, 5.41) is 5.75. The summed E-state index contributed by atoms with van der Waals surface area (Å²) in [6, 6.07) is 2.69. The Morgan fingerprint density at radius 2 is 2.12 bits per heavy atom. The van der Waals surface area contributed by atoms with Crippen LogP contribution >= 0.6 is 0 Å². The Morgan fingerprint density at radius 3 is 2.81 bits per heavy atom. The smallest absolute Gasteiger partial charge is 0.344 e. The number of rotatable bonds is 3. The fourth-order valence-corrected chi connectivity index (χ4v) is 3.48. The van der Waals surface area contributed by atoms with Crippen molar-refractivity contribution < 1.29 is 18.0 Å². The van der Waals surface area contributed by atoms with Gasteiger partial charge in [0.2, 0.25) is 5.91 Å². The number of carbonyl (C=O) groups is 1. The van der Waals surface area contributed by atoms with Gasteiger partial charge < -0.3 is 16.4 Å². The molecule has 0 bridgehead atoms. The van der Waals surface area contributed by atoms with Gasteiger partial charge in [0.05, 0.1) is 16.6 Å². The van der Waals surface area contributed by atoms with Crippen molar-refractivity contribution in [3.05, 3.63) is 36.2 Å². The number of hydrogen-bond donors (Lipinski definition) is 3. The van der Waals surface area contributed by atoms with Crippen molar-refractivity contribution in [1.29, 1.82) is 0 Å². The predicted octanol–water partition coefficient (Wildman–Crippen LogP) is 1.46. The zero-order valence-corrected chi connectivity index (χ0v) is 14.2. The fraction of sp³-hybridized carbons (Fsp3) is 0.471. The van der Waals surface area contributed by atoms with Gasteiger partial charge in [0.1, 0.15) is 0 Å². The highest BCUT2D eigenvalue weighted by Crippen LogP contribution is 2.35. The van der Waals surface area contributed by atoms with Crippen molar-refractivity contribution in [3.8, 4) is 0 Å². The predicted molar refractivity (Wildman–Crippen MR) is 90.0 cm³/mol. The van der Waals surface area contributed by atoms with Crippen LogP contribution in [0, 0.1) is 5.92 Å². The number of fused-ring (bicyclic) bond motifs is 1. The Labute approximate surface area is 148 Å². The van der Waals surface area contributed by atoms with Gasteiger partial charge in [0, 0.05) is 24.5 Å². The van der Waals surface area contributed by atoms with Gasteiger partial charge in [-0.3, -0.25) is 14.8 Å². The number of amides is 1. The second kappa shape index (κ2) is 6.81. The first-order valence-corrected chi connectivity index (χ1v) is 8.28. The number of hydrogen-bond acceptors (Lipinski definition) is 5. The maximum Gasteiger partial charge on any atom is 0.412 e. The first-order valence-electron chi connectivity index (χ1n) is 8.28. The second-order valence-electron chi connectivity index (χ2n) is 6.76. The van der Waals surface area contributed by atoms with Crippen molar-refractivity contribution in [1.82, 2.24) is 20.6 Å². The average molecular weight is 367 g/mol. The summed E-state index contributed by atoms with van der Waals surface area (Å²) in [7, 11) is 0. The van der Waals surface area contributed by atoms with E-state index in [1.807, 2.05) is 6.92 Å². The molecule has 0 spiro atoms. The van der Waals surface area contributed by atoms with Crippen molar-refractivity contribution in [2.24, 2.45) is 11.7 Å². The minimum Gasteiger partial charge on any atom is -0.344 e. The van der Waals surface area contributed by atoms with Gasteiger partial charge in [-0.1, -0.05) is 19.1 Å². The van der Waals surface area contributed by atoms with Gasteiger partial charge in [-0.25, -0.2) is 0 Å². The van der Waals surface area contributed by atoms with Gasteiger partial charge in [0.25, 0.3) is 0 Å². The maximum atomic E-state index is 12.9. The van der Waals surface area contributed by atoms with Crippen molar-refractivity contribution >= 4 is 16.9 Å². The Bertz CT molecular complexity index is 807. The van der Waals surface area contributed by atoms with Gasteiger partial charge in [-0.05, 0) is 24.9 Å². The first kappa shape index (κ1) is 18.5. The summed E-state index contributed by atoms with van der Waals surface area (Å²) >= 11 is 0. The van der Waals surface area contributed by atoms with E-state index in [2.05, 4.69) is 20.6 Å². The number of para-hydroxylation sites is 1. The molecule has 26 heavy (non-hydrogen) atoms. The van der Waals surface area contributed by atoms with Crippen molar-refractivity contribution in [2.75, 3.05) is 13.1 Å². The van der Waals surface area contributed by atoms with Crippen LogP contribution in [0.3, 0.4) is 0 Å². The van der Waals surface area contributed by atoms with Crippen LogP contribution in [0.2, 0.25) is 0 Å². The number of piperidine rings is 1. The van der Waals surface area contributed by atoms with Crippen molar-refractivity contribution in [3.63, 3.8) is 0 Å². The molecule has 1 aliphatic heterocycles. The zero-order valence-electron chi connectivity index (χ0n) is 14.2. The SMILES string of the molecule is C[C@@H]1CNC[C@](NC(=O)[C@@H](N)C(F)(F)F)(c2cccc3nccnc23)C1. The number of carbonyl (C=O) groups excluding carboxylic acids is 1. The third kappa shape index (κ3) is 3.49. The average Bonchev–Trinajstić information content (AvgIpc) is 2.59. The Balaban J connectivity index is 2.06. The molecule has 2 aromatic rings. The molecule has 1 fully saturated rings. The molecule has 1 aliphatic rings. The number of alkyl halides is 3. The monoisotopic (exact) mass is 367 g/mol. The lowest BCUT2D eigenvalue weighted by Gasteiger charge is -2.42. The van der Waals surface area contributed by atoms with Crippen LogP contribution in [0.25, 0.3) is 11.0 Å². The van der Waals surface area contributed by atoms with Gasteiger partial charge >= 0.3 is 6.18 Å². The van der Waals surface area contributed by atoms with Crippen molar-refractivity contribution in [2.45, 2.75) is 31.1 Å². The molecule has 6 nitrogen and oxygen atoms in total. The number of nitrogens with one attached hydrogen (secondary N) is 2. The van der Waals surface area contributed by atoms with E-state index in [1.54, 1.807) is 24.4 Å². The van der Waals surface area contributed by atoms with Crippen LogP contribution in [0.4, 0.5) is 13.2 Å². The summed E-state index contributed by atoms with van der Waals surface area (Å²) in [6.07, 6.45) is -1.29. The third-order valence-corrected chi connectivity index (χ3v) is 4.63. The summed E-state index contributed by atoms with van der Waals surface area (Å²) in [6.45, 7) is 2.95. The van der Waals surface area contributed by atoms with Crippen LogP contribution in [0.1, 0.15) is 18.9 Å². The standard InChI is InChI=1S/C17H20F3N5O/c1-10-7-16(9-22-8-10,25-15(26)14(21)17(18,19)20)11-3-2-4-12-13(11)24-6-5-23-12/h2-6,10,14,22H,7-9,21H2,1H3,(H,25,26)/t10-,14+,16-/m0/s1. The minimum atomic E-state index is -4.81.